The quantitative estimate of drug-likeness (QED) is 0.624. The number of hydrogen-bond acceptors (Lipinski definition) is 3. The van der Waals surface area contributed by atoms with Crippen molar-refractivity contribution in [2.75, 3.05) is 6.61 Å². The Bertz CT molecular complexity index is 1030. The first kappa shape index (κ1) is 20.4. The van der Waals surface area contributed by atoms with E-state index in [2.05, 4.69) is 24.7 Å². The van der Waals surface area contributed by atoms with Crippen LogP contribution in [0.15, 0.2) is 60.7 Å². The van der Waals surface area contributed by atoms with Gasteiger partial charge in [-0.25, -0.2) is 0 Å². The summed E-state index contributed by atoms with van der Waals surface area (Å²) in [6.07, 6.45) is 0.182. The zero-order valence-corrected chi connectivity index (χ0v) is 17.0. The molecule has 0 saturated carbocycles. The number of carbonyl (C=O) groups is 2. The van der Waals surface area contributed by atoms with Gasteiger partial charge in [-0.3, -0.25) is 20.4 Å². The van der Waals surface area contributed by atoms with E-state index in [0.717, 1.165) is 27.5 Å². The number of nitrogens with one attached hydrogen (secondary N) is 2. The van der Waals surface area contributed by atoms with E-state index in [1.807, 2.05) is 67.6 Å². The Morgan fingerprint density at radius 3 is 2.38 bits per heavy atom. The Morgan fingerprint density at radius 2 is 1.62 bits per heavy atom. The number of fused-ring (bicyclic) bond motifs is 1. The highest BCUT2D eigenvalue weighted by Crippen LogP contribution is 2.27. The van der Waals surface area contributed by atoms with E-state index in [0.29, 0.717) is 5.75 Å². The van der Waals surface area contributed by atoms with Crippen LogP contribution in [-0.2, 0) is 16.0 Å². The van der Waals surface area contributed by atoms with Crippen LogP contribution in [0.5, 0.6) is 5.75 Å². The highest BCUT2D eigenvalue weighted by atomic mass is 16.5. The van der Waals surface area contributed by atoms with Crippen LogP contribution < -0.4 is 15.6 Å². The van der Waals surface area contributed by atoms with Crippen molar-refractivity contribution < 1.29 is 14.3 Å². The zero-order valence-electron chi connectivity index (χ0n) is 17.0. The van der Waals surface area contributed by atoms with Crippen molar-refractivity contribution in [3.63, 3.8) is 0 Å². The van der Waals surface area contributed by atoms with Crippen LogP contribution in [0.2, 0.25) is 0 Å². The normalized spacial score (nSPS) is 10.8. The van der Waals surface area contributed by atoms with Gasteiger partial charge in [0.1, 0.15) is 5.75 Å². The number of amides is 2. The van der Waals surface area contributed by atoms with Crippen molar-refractivity contribution in [3.8, 4) is 5.75 Å². The molecule has 0 spiro atoms. The summed E-state index contributed by atoms with van der Waals surface area (Å²) in [5, 5.41) is 2.20. The molecule has 0 aliphatic rings. The van der Waals surface area contributed by atoms with Crippen molar-refractivity contribution in [2.45, 2.75) is 33.1 Å². The summed E-state index contributed by atoms with van der Waals surface area (Å²) < 4.78 is 5.68. The van der Waals surface area contributed by atoms with E-state index in [1.54, 1.807) is 0 Å². The van der Waals surface area contributed by atoms with Gasteiger partial charge in [-0.2, -0.15) is 0 Å². The van der Waals surface area contributed by atoms with Gasteiger partial charge < -0.3 is 4.74 Å². The van der Waals surface area contributed by atoms with E-state index < -0.39 is 5.91 Å². The molecule has 0 atom stereocenters. The fraction of sp³-hybridized carbons (Fsp3) is 0.250. The molecule has 5 nitrogen and oxygen atoms in total. The third-order valence-corrected chi connectivity index (χ3v) is 4.67. The molecular weight excluding hydrogens is 364 g/mol. The van der Waals surface area contributed by atoms with E-state index in [1.165, 1.54) is 0 Å². The Morgan fingerprint density at radius 1 is 0.897 bits per heavy atom. The summed E-state index contributed by atoms with van der Waals surface area (Å²) in [7, 11) is 0. The Balaban J connectivity index is 1.50. The van der Waals surface area contributed by atoms with Crippen molar-refractivity contribution in [1.29, 1.82) is 0 Å². The summed E-state index contributed by atoms with van der Waals surface area (Å²) in [6, 6.07) is 19.8. The molecule has 0 bridgehead atoms. The Hall–Kier alpha value is -3.34. The third kappa shape index (κ3) is 5.57. The lowest BCUT2D eigenvalue weighted by molar-refractivity contribution is -0.129. The van der Waals surface area contributed by atoms with Crippen LogP contribution in [0, 0.1) is 6.92 Å². The Labute approximate surface area is 171 Å². The molecule has 0 fully saturated rings. The number of carbonyl (C=O) groups excluding carboxylic acids is 2. The molecule has 0 heterocycles. The van der Waals surface area contributed by atoms with Gasteiger partial charge in [0.05, 0.1) is 6.42 Å². The number of hydrogen-bond donors (Lipinski definition) is 2. The van der Waals surface area contributed by atoms with Crippen LogP contribution in [0.1, 0.15) is 36.5 Å². The van der Waals surface area contributed by atoms with Crippen molar-refractivity contribution in [3.05, 3.63) is 77.4 Å². The van der Waals surface area contributed by atoms with Gasteiger partial charge in [0.25, 0.3) is 5.91 Å². The fourth-order valence-corrected chi connectivity index (χ4v) is 3.14. The molecule has 0 aromatic heterocycles. The lowest BCUT2D eigenvalue weighted by atomic mass is 10.0. The molecule has 0 saturated heterocycles. The number of rotatable bonds is 6. The predicted molar refractivity (Wildman–Crippen MR) is 115 cm³/mol. The van der Waals surface area contributed by atoms with E-state index >= 15 is 0 Å². The maximum atomic E-state index is 12.1. The van der Waals surface area contributed by atoms with Gasteiger partial charge in [0.15, 0.2) is 6.61 Å². The van der Waals surface area contributed by atoms with Crippen molar-refractivity contribution in [2.24, 2.45) is 0 Å². The van der Waals surface area contributed by atoms with Crippen LogP contribution in [-0.4, -0.2) is 18.4 Å². The molecule has 3 aromatic carbocycles. The van der Waals surface area contributed by atoms with Crippen LogP contribution in [0.25, 0.3) is 10.8 Å². The number of ether oxygens (including phenoxy) is 1. The van der Waals surface area contributed by atoms with Crippen LogP contribution in [0.4, 0.5) is 0 Å². The SMILES string of the molecule is Cc1ccc(C(C)C)c(OCC(=O)NNC(=O)Cc2ccc3ccccc3c2)c1. The zero-order chi connectivity index (χ0) is 20.8. The molecule has 150 valence electrons. The maximum absolute atomic E-state index is 12.1. The first-order chi connectivity index (χ1) is 13.9. The third-order valence-electron chi connectivity index (χ3n) is 4.67. The number of aryl methyl sites for hydroxylation is 1. The van der Waals surface area contributed by atoms with Crippen LogP contribution >= 0.6 is 0 Å². The second-order valence-corrected chi connectivity index (χ2v) is 7.44. The Kier molecular flexibility index (Phi) is 6.50. The monoisotopic (exact) mass is 390 g/mol. The molecule has 3 rings (SSSR count). The summed E-state index contributed by atoms with van der Waals surface area (Å²) in [6.45, 7) is 5.96. The molecule has 0 radical (unpaired) electrons. The predicted octanol–water partition coefficient (Wildman–Crippen LogP) is 4.04. The largest absolute Gasteiger partial charge is 0.483 e. The molecule has 5 heteroatoms. The number of hydrazine groups is 1. The minimum atomic E-state index is -0.409. The van der Waals surface area contributed by atoms with Gasteiger partial charge in [0, 0.05) is 0 Å². The van der Waals surface area contributed by atoms with Gasteiger partial charge >= 0.3 is 0 Å². The lowest BCUT2D eigenvalue weighted by Gasteiger charge is -2.15. The summed E-state index contributed by atoms with van der Waals surface area (Å²) in [5.41, 5.74) is 7.85. The average molecular weight is 390 g/mol. The molecule has 2 amide bonds. The van der Waals surface area contributed by atoms with E-state index in [9.17, 15) is 9.59 Å². The van der Waals surface area contributed by atoms with E-state index in [4.69, 9.17) is 4.74 Å². The fourth-order valence-electron chi connectivity index (χ4n) is 3.14. The summed E-state index contributed by atoms with van der Waals surface area (Å²) in [4.78, 5) is 24.2. The first-order valence-corrected chi connectivity index (χ1v) is 9.71. The topological polar surface area (TPSA) is 67.4 Å². The summed E-state index contributed by atoms with van der Waals surface area (Å²) in [5.74, 6) is 0.285. The van der Waals surface area contributed by atoms with Crippen molar-refractivity contribution in [1.82, 2.24) is 10.9 Å². The second kappa shape index (κ2) is 9.24. The lowest BCUT2D eigenvalue weighted by Crippen LogP contribution is -2.44. The molecule has 29 heavy (non-hydrogen) atoms. The van der Waals surface area contributed by atoms with Crippen LogP contribution in [0.3, 0.4) is 0 Å². The van der Waals surface area contributed by atoms with E-state index in [-0.39, 0.29) is 24.9 Å². The summed E-state index contributed by atoms with van der Waals surface area (Å²) >= 11 is 0. The van der Waals surface area contributed by atoms with Gasteiger partial charge in [-0.15, -0.1) is 0 Å². The average Bonchev–Trinajstić information content (AvgIpc) is 2.70. The first-order valence-electron chi connectivity index (χ1n) is 9.71. The molecule has 0 unspecified atom stereocenters. The van der Waals surface area contributed by atoms with Gasteiger partial charge in [-0.1, -0.05) is 68.4 Å². The number of benzene rings is 3. The minimum Gasteiger partial charge on any atom is -0.483 e. The molecule has 3 aromatic rings. The highest BCUT2D eigenvalue weighted by Gasteiger charge is 2.11. The maximum Gasteiger partial charge on any atom is 0.276 e. The molecular formula is C24H26N2O3. The van der Waals surface area contributed by atoms with Gasteiger partial charge in [0.2, 0.25) is 5.91 Å². The van der Waals surface area contributed by atoms with Crippen molar-refractivity contribution >= 4 is 22.6 Å². The smallest absolute Gasteiger partial charge is 0.276 e. The molecule has 0 aliphatic heterocycles. The molecule has 2 N–H and O–H groups in total. The second-order valence-electron chi connectivity index (χ2n) is 7.44. The molecule has 0 aliphatic carbocycles. The standard InChI is InChI=1S/C24H26N2O3/c1-16(2)21-11-8-17(3)12-22(21)29-15-24(28)26-25-23(27)14-18-9-10-19-6-4-5-7-20(19)13-18/h4-13,16H,14-15H2,1-3H3,(H,25,27)(H,26,28). The van der Waals surface area contributed by atoms with Gasteiger partial charge in [-0.05, 0) is 46.4 Å². The highest BCUT2D eigenvalue weighted by molar-refractivity contribution is 5.86. The minimum absolute atomic E-state index is 0.167.